The number of likely N-dealkylation sites (tertiary alicyclic amines) is 1. The smallest absolute Gasteiger partial charge is 0.237 e. The minimum Gasteiger partial charge on any atom is -0.493 e. The van der Waals surface area contributed by atoms with Gasteiger partial charge in [-0.3, -0.25) is 9.69 Å². The van der Waals surface area contributed by atoms with Crippen molar-refractivity contribution in [3.05, 3.63) is 47.5 Å². The summed E-state index contributed by atoms with van der Waals surface area (Å²) in [4.78, 5) is 23.2. The highest BCUT2D eigenvalue weighted by Crippen LogP contribution is 2.37. The molecule has 2 heterocycles. The van der Waals surface area contributed by atoms with Gasteiger partial charge in [-0.1, -0.05) is 17.7 Å². The van der Waals surface area contributed by atoms with Crippen molar-refractivity contribution in [2.45, 2.75) is 37.5 Å². The highest BCUT2D eigenvalue weighted by Gasteiger charge is 2.38. The topological polar surface area (TPSA) is 88.6 Å². The van der Waals surface area contributed by atoms with Crippen LogP contribution in [0.25, 0.3) is 10.9 Å². The van der Waals surface area contributed by atoms with E-state index in [1.165, 1.54) is 12.4 Å². The number of anilines is 2. The average molecular weight is 486 g/mol. The van der Waals surface area contributed by atoms with Crippen molar-refractivity contribution in [1.82, 2.24) is 20.2 Å². The molecule has 2 aliphatic rings. The van der Waals surface area contributed by atoms with Gasteiger partial charge in [-0.25, -0.2) is 14.4 Å². The summed E-state index contributed by atoms with van der Waals surface area (Å²) in [5, 5.41) is 6.72. The molecule has 2 aromatic carbocycles. The van der Waals surface area contributed by atoms with Crippen molar-refractivity contribution in [3.8, 4) is 11.5 Å². The first kappa shape index (κ1) is 22.6. The Labute approximate surface area is 201 Å². The summed E-state index contributed by atoms with van der Waals surface area (Å²) in [6.07, 6.45) is 3.86. The number of carbonyl (C=O) groups is 1. The lowest BCUT2D eigenvalue weighted by Gasteiger charge is -2.17. The fraction of sp³-hybridized carbons (Fsp3) is 0.375. The van der Waals surface area contributed by atoms with Crippen molar-refractivity contribution >= 4 is 39.9 Å². The number of ether oxygens (including phenoxy) is 2. The number of halogens is 2. The van der Waals surface area contributed by atoms with Crippen molar-refractivity contribution in [2.75, 3.05) is 26.0 Å². The molecule has 1 aliphatic heterocycles. The van der Waals surface area contributed by atoms with Gasteiger partial charge in [0, 0.05) is 30.5 Å². The molecule has 1 aromatic heterocycles. The van der Waals surface area contributed by atoms with Crippen LogP contribution in [-0.4, -0.2) is 59.7 Å². The zero-order valence-electron chi connectivity index (χ0n) is 18.8. The molecule has 2 N–H and O–H groups in total. The number of methoxy groups -OCH3 is 1. The van der Waals surface area contributed by atoms with Crippen LogP contribution in [0.4, 0.5) is 15.9 Å². The molecular weight excluding hydrogens is 461 g/mol. The molecule has 5 rings (SSSR count). The summed E-state index contributed by atoms with van der Waals surface area (Å²) in [6, 6.07) is 8.32. The third kappa shape index (κ3) is 4.58. The van der Waals surface area contributed by atoms with Crippen molar-refractivity contribution in [2.24, 2.45) is 0 Å². The maximum absolute atomic E-state index is 14.5. The molecule has 0 bridgehead atoms. The van der Waals surface area contributed by atoms with Crippen LogP contribution in [0.1, 0.15) is 19.3 Å². The second-order valence-corrected chi connectivity index (χ2v) is 9.09. The Bertz CT molecular complexity index is 1240. The number of likely N-dealkylation sites (N-methyl/N-ethyl adjacent to an activating group) is 1. The Morgan fingerprint density at radius 3 is 2.82 bits per heavy atom. The molecule has 1 saturated heterocycles. The van der Waals surface area contributed by atoms with E-state index in [2.05, 4.69) is 20.6 Å². The summed E-state index contributed by atoms with van der Waals surface area (Å²) in [6.45, 7) is 0.605. The van der Waals surface area contributed by atoms with Crippen LogP contribution in [0, 0.1) is 5.82 Å². The molecule has 10 heteroatoms. The second kappa shape index (κ2) is 9.23. The van der Waals surface area contributed by atoms with Gasteiger partial charge in [-0.05, 0) is 38.1 Å². The quantitative estimate of drug-likeness (QED) is 0.524. The minimum atomic E-state index is -0.564. The summed E-state index contributed by atoms with van der Waals surface area (Å²) in [7, 11) is 3.48. The van der Waals surface area contributed by atoms with Gasteiger partial charge in [0.1, 0.15) is 18.2 Å². The summed E-state index contributed by atoms with van der Waals surface area (Å²) in [5.74, 6) is 0.903. The Kier molecular flexibility index (Phi) is 6.14. The number of carbonyl (C=O) groups excluding carboxylic acids is 1. The minimum absolute atomic E-state index is 0.0136. The van der Waals surface area contributed by atoms with Crippen molar-refractivity contribution in [1.29, 1.82) is 0 Å². The third-order valence-electron chi connectivity index (χ3n) is 6.16. The SMILES string of the molecule is COc1cc2ncnc(Nc3cccc(Cl)c3F)c2cc1OC1C[C@@H](C(=O)NC2CC2)N(C)C1. The van der Waals surface area contributed by atoms with Crippen molar-refractivity contribution < 1.29 is 18.7 Å². The molecule has 3 aromatic rings. The first-order chi connectivity index (χ1) is 16.4. The lowest BCUT2D eigenvalue weighted by molar-refractivity contribution is -0.125. The number of nitrogens with one attached hydrogen (secondary N) is 2. The molecule has 1 aliphatic carbocycles. The molecule has 0 spiro atoms. The average Bonchev–Trinajstić information content (AvgIpc) is 3.56. The fourth-order valence-electron chi connectivity index (χ4n) is 4.19. The Morgan fingerprint density at radius 1 is 1.24 bits per heavy atom. The highest BCUT2D eigenvalue weighted by atomic mass is 35.5. The number of hydrogen-bond donors (Lipinski definition) is 2. The lowest BCUT2D eigenvalue weighted by Crippen LogP contribution is -2.42. The van der Waals surface area contributed by atoms with E-state index in [-0.39, 0.29) is 28.8 Å². The van der Waals surface area contributed by atoms with Crippen LogP contribution >= 0.6 is 11.6 Å². The zero-order valence-corrected chi connectivity index (χ0v) is 19.6. The largest absolute Gasteiger partial charge is 0.493 e. The van der Waals surface area contributed by atoms with E-state index >= 15 is 0 Å². The van der Waals surface area contributed by atoms with Gasteiger partial charge >= 0.3 is 0 Å². The number of rotatable bonds is 7. The predicted octanol–water partition coefficient (Wildman–Crippen LogP) is 3.90. The molecule has 34 heavy (non-hydrogen) atoms. The zero-order chi connectivity index (χ0) is 23.8. The number of nitrogens with zero attached hydrogens (tertiary/aromatic N) is 3. The molecule has 2 atom stereocenters. The van der Waals surface area contributed by atoms with Crippen LogP contribution in [0.5, 0.6) is 11.5 Å². The first-order valence-corrected chi connectivity index (χ1v) is 11.5. The lowest BCUT2D eigenvalue weighted by atomic mass is 10.1. The maximum Gasteiger partial charge on any atom is 0.237 e. The van der Waals surface area contributed by atoms with E-state index in [0.717, 1.165) is 12.8 Å². The Morgan fingerprint density at radius 2 is 2.06 bits per heavy atom. The van der Waals surface area contributed by atoms with Gasteiger partial charge in [0.2, 0.25) is 5.91 Å². The van der Waals surface area contributed by atoms with E-state index in [1.54, 1.807) is 31.4 Å². The third-order valence-corrected chi connectivity index (χ3v) is 6.45. The normalized spacial score (nSPS) is 20.4. The molecule has 178 valence electrons. The number of aromatic nitrogens is 2. The van der Waals surface area contributed by atoms with E-state index in [0.29, 0.717) is 47.2 Å². The Balaban J connectivity index is 1.41. The van der Waals surface area contributed by atoms with Crippen LogP contribution in [-0.2, 0) is 4.79 Å². The number of hydrogen-bond acceptors (Lipinski definition) is 7. The highest BCUT2D eigenvalue weighted by molar-refractivity contribution is 6.31. The van der Waals surface area contributed by atoms with Crippen LogP contribution < -0.4 is 20.1 Å². The summed E-state index contributed by atoms with van der Waals surface area (Å²) < 4.78 is 26.3. The van der Waals surface area contributed by atoms with Gasteiger partial charge in [-0.2, -0.15) is 0 Å². The fourth-order valence-corrected chi connectivity index (χ4v) is 4.37. The van der Waals surface area contributed by atoms with Crippen LogP contribution in [0.2, 0.25) is 5.02 Å². The number of amides is 1. The van der Waals surface area contributed by atoms with E-state index in [4.69, 9.17) is 21.1 Å². The first-order valence-electron chi connectivity index (χ1n) is 11.1. The summed E-state index contributed by atoms with van der Waals surface area (Å²) >= 11 is 5.92. The molecular formula is C24H25ClFN5O3. The molecule has 8 nitrogen and oxygen atoms in total. The van der Waals surface area contributed by atoms with E-state index in [1.807, 2.05) is 11.9 Å². The standard InChI is InChI=1S/C24H25ClFN5O3/c1-31-11-14(8-19(31)24(32)29-13-6-7-13)34-21-9-15-18(10-20(21)33-2)27-12-28-23(15)30-17-5-3-4-16(25)22(17)26/h3-5,9-10,12-14,19H,6-8,11H2,1-2H3,(H,29,32)(H,27,28,30)/t14?,19-/m0/s1. The molecule has 1 unspecified atom stereocenters. The van der Waals surface area contributed by atoms with Crippen molar-refractivity contribution in [3.63, 3.8) is 0 Å². The van der Waals surface area contributed by atoms with Gasteiger partial charge in [0.05, 0.1) is 29.4 Å². The summed E-state index contributed by atoms with van der Waals surface area (Å²) in [5.41, 5.74) is 0.807. The predicted molar refractivity (Wildman–Crippen MR) is 127 cm³/mol. The van der Waals surface area contributed by atoms with Gasteiger partial charge in [0.25, 0.3) is 0 Å². The second-order valence-electron chi connectivity index (χ2n) is 8.68. The molecule has 0 radical (unpaired) electrons. The number of benzene rings is 2. The van der Waals surface area contributed by atoms with Gasteiger partial charge in [-0.15, -0.1) is 0 Å². The van der Waals surface area contributed by atoms with E-state index < -0.39 is 5.82 Å². The monoisotopic (exact) mass is 485 g/mol. The van der Waals surface area contributed by atoms with Gasteiger partial charge in [0.15, 0.2) is 17.3 Å². The van der Waals surface area contributed by atoms with E-state index in [9.17, 15) is 9.18 Å². The molecule has 1 amide bonds. The maximum atomic E-state index is 14.5. The molecule has 1 saturated carbocycles. The molecule has 2 fully saturated rings. The van der Waals surface area contributed by atoms with Crippen LogP contribution in [0.15, 0.2) is 36.7 Å². The van der Waals surface area contributed by atoms with Crippen LogP contribution in [0.3, 0.4) is 0 Å². The van der Waals surface area contributed by atoms with Gasteiger partial charge < -0.3 is 20.1 Å². The number of fused-ring (bicyclic) bond motifs is 1. The Hall–Kier alpha value is -3.17.